The first-order valence-electron chi connectivity index (χ1n) is 5.98. The van der Waals surface area contributed by atoms with E-state index in [-0.39, 0.29) is 6.04 Å². The van der Waals surface area contributed by atoms with Crippen LogP contribution in [0, 0.1) is 6.92 Å². The Morgan fingerprint density at radius 3 is 2.62 bits per heavy atom. The van der Waals surface area contributed by atoms with Crippen LogP contribution in [0.15, 0.2) is 36.4 Å². The summed E-state index contributed by atoms with van der Waals surface area (Å²) in [6.07, 6.45) is 2.18. The Kier molecular flexibility index (Phi) is 3.25. The van der Waals surface area contributed by atoms with E-state index >= 15 is 0 Å². The van der Waals surface area contributed by atoms with E-state index in [1.807, 2.05) is 0 Å². The molecule has 1 atom stereocenters. The summed E-state index contributed by atoms with van der Waals surface area (Å²) in [5.41, 5.74) is 8.90. The number of benzene rings is 2. The molecule has 0 spiro atoms. The average molecular weight is 213 g/mol. The molecule has 84 valence electrons. The fourth-order valence-electron chi connectivity index (χ4n) is 2.35. The third-order valence-electron chi connectivity index (χ3n) is 3.16. The molecule has 0 aliphatic rings. The predicted molar refractivity (Wildman–Crippen MR) is 70.5 cm³/mol. The molecule has 0 radical (unpaired) electrons. The van der Waals surface area contributed by atoms with Gasteiger partial charge in [-0.2, -0.15) is 0 Å². The van der Waals surface area contributed by atoms with Gasteiger partial charge in [-0.3, -0.25) is 0 Å². The number of fused-ring (bicyclic) bond motifs is 1. The molecule has 0 aromatic heterocycles. The lowest BCUT2D eigenvalue weighted by molar-refractivity contribution is 0.639. The minimum Gasteiger partial charge on any atom is -0.324 e. The smallest absolute Gasteiger partial charge is 0.0303 e. The summed E-state index contributed by atoms with van der Waals surface area (Å²) >= 11 is 0. The van der Waals surface area contributed by atoms with Crippen LogP contribution < -0.4 is 5.73 Å². The van der Waals surface area contributed by atoms with Gasteiger partial charge >= 0.3 is 0 Å². The second-order valence-electron chi connectivity index (χ2n) is 4.41. The van der Waals surface area contributed by atoms with Crippen molar-refractivity contribution < 1.29 is 0 Å². The highest BCUT2D eigenvalue weighted by Gasteiger charge is 2.11. The average Bonchev–Trinajstić information content (AvgIpc) is 2.29. The van der Waals surface area contributed by atoms with E-state index in [1.54, 1.807) is 0 Å². The second-order valence-corrected chi connectivity index (χ2v) is 4.41. The number of hydrogen-bond acceptors (Lipinski definition) is 1. The Hall–Kier alpha value is -1.34. The molecule has 1 nitrogen and oxygen atoms in total. The number of nitrogens with two attached hydrogens (primary N) is 1. The van der Waals surface area contributed by atoms with Crippen molar-refractivity contribution in [3.63, 3.8) is 0 Å². The van der Waals surface area contributed by atoms with E-state index in [2.05, 4.69) is 50.2 Å². The zero-order valence-corrected chi connectivity index (χ0v) is 10.0. The van der Waals surface area contributed by atoms with Crippen LogP contribution in [0.2, 0.25) is 0 Å². The highest BCUT2D eigenvalue weighted by atomic mass is 14.6. The fourth-order valence-corrected chi connectivity index (χ4v) is 2.35. The van der Waals surface area contributed by atoms with Crippen molar-refractivity contribution in [1.29, 1.82) is 0 Å². The zero-order chi connectivity index (χ0) is 11.5. The molecule has 2 aromatic carbocycles. The molecule has 2 aromatic rings. The molecule has 0 aliphatic heterocycles. The molecule has 0 heterocycles. The maximum Gasteiger partial charge on any atom is 0.0303 e. The summed E-state index contributed by atoms with van der Waals surface area (Å²) < 4.78 is 0. The van der Waals surface area contributed by atoms with Gasteiger partial charge in [-0.15, -0.1) is 0 Å². The highest BCUT2D eigenvalue weighted by Crippen LogP contribution is 2.28. The zero-order valence-electron chi connectivity index (χ0n) is 10.0. The quantitative estimate of drug-likeness (QED) is 0.820. The minimum absolute atomic E-state index is 0.163. The number of rotatable bonds is 3. The third kappa shape index (κ3) is 1.96. The summed E-state index contributed by atoms with van der Waals surface area (Å²) in [5, 5.41) is 2.60. The molecule has 0 aliphatic carbocycles. The Bertz CT molecular complexity index is 488. The molecule has 1 heteroatoms. The second kappa shape index (κ2) is 4.67. The molecule has 0 saturated carbocycles. The van der Waals surface area contributed by atoms with Gasteiger partial charge in [0.2, 0.25) is 0 Å². The van der Waals surface area contributed by atoms with Crippen molar-refractivity contribution in [2.24, 2.45) is 5.73 Å². The third-order valence-corrected chi connectivity index (χ3v) is 3.16. The van der Waals surface area contributed by atoms with E-state index in [0.29, 0.717) is 0 Å². The molecule has 0 amide bonds. The Morgan fingerprint density at radius 1 is 1.12 bits per heavy atom. The van der Waals surface area contributed by atoms with E-state index in [0.717, 1.165) is 12.8 Å². The molecular weight excluding hydrogens is 194 g/mol. The number of hydrogen-bond donors (Lipinski definition) is 1. The first-order chi connectivity index (χ1) is 7.74. The van der Waals surface area contributed by atoms with Gasteiger partial charge in [-0.25, -0.2) is 0 Å². The Morgan fingerprint density at radius 2 is 1.88 bits per heavy atom. The van der Waals surface area contributed by atoms with Gasteiger partial charge in [0.1, 0.15) is 0 Å². The van der Waals surface area contributed by atoms with Crippen molar-refractivity contribution in [3.8, 4) is 0 Å². The Labute approximate surface area is 97.3 Å². The van der Waals surface area contributed by atoms with Crippen LogP contribution in [0.5, 0.6) is 0 Å². The largest absolute Gasteiger partial charge is 0.324 e. The summed E-state index contributed by atoms with van der Waals surface area (Å²) in [6, 6.07) is 13.0. The molecular formula is C15H19N. The molecule has 16 heavy (non-hydrogen) atoms. The van der Waals surface area contributed by atoms with E-state index in [9.17, 15) is 0 Å². The van der Waals surface area contributed by atoms with Crippen molar-refractivity contribution in [2.45, 2.75) is 32.7 Å². The fraction of sp³-hybridized carbons (Fsp3) is 0.333. The summed E-state index contributed by atoms with van der Waals surface area (Å²) in [5.74, 6) is 0. The monoisotopic (exact) mass is 213 g/mol. The highest BCUT2D eigenvalue weighted by molar-refractivity contribution is 5.87. The first kappa shape index (κ1) is 11.2. The van der Waals surface area contributed by atoms with Crippen LogP contribution in [0.1, 0.15) is 36.9 Å². The predicted octanol–water partition coefficient (Wildman–Crippen LogP) is 3.95. The minimum atomic E-state index is 0.163. The van der Waals surface area contributed by atoms with Gasteiger partial charge < -0.3 is 5.73 Å². The summed E-state index contributed by atoms with van der Waals surface area (Å²) in [4.78, 5) is 0. The van der Waals surface area contributed by atoms with Crippen molar-refractivity contribution >= 4 is 10.8 Å². The van der Waals surface area contributed by atoms with Crippen LogP contribution in [-0.4, -0.2) is 0 Å². The van der Waals surface area contributed by atoms with E-state index in [4.69, 9.17) is 5.73 Å². The summed E-state index contributed by atoms with van der Waals surface area (Å²) in [6.45, 7) is 4.33. The first-order valence-corrected chi connectivity index (χ1v) is 5.98. The maximum atomic E-state index is 6.27. The van der Waals surface area contributed by atoms with Crippen molar-refractivity contribution in [1.82, 2.24) is 0 Å². The standard InChI is InChI=1S/C15H19N/c1-3-6-14(16)15-11(2)9-10-12-7-4-5-8-13(12)15/h4-5,7-10,14H,3,6,16H2,1-2H3/t14-/m1/s1. The Balaban J connectivity index is 2.61. The lowest BCUT2D eigenvalue weighted by Gasteiger charge is -2.16. The van der Waals surface area contributed by atoms with E-state index < -0.39 is 0 Å². The van der Waals surface area contributed by atoms with Gasteiger partial charge in [0.15, 0.2) is 0 Å². The maximum absolute atomic E-state index is 6.27. The number of aryl methyl sites for hydroxylation is 1. The van der Waals surface area contributed by atoms with E-state index in [1.165, 1.54) is 21.9 Å². The molecule has 0 saturated heterocycles. The summed E-state index contributed by atoms with van der Waals surface area (Å²) in [7, 11) is 0. The lowest BCUT2D eigenvalue weighted by Crippen LogP contribution is -2.11. The van der Waals surface area contributed by atoms with Crippen LogP contribution in [0.4, 0.5) is 0 Å². The molecule has 2 N–H and O–H groups in total. The van der Waals surface area contributed by atoms with Crippen molar-refractivity contribution in [2.75, 3.05) is 0 Å². The molecule has 0 bridgehead atoms. The van der Waals surface area contributed by atoms with Crippen LogP contribution in [0.3, 0.4) is 0 Å². The normalized spacial score (nSPS) is 12.9. The van der Waals surface area contributed by atoms with Gasteiger partial charge in [0, 0.05) is 6.04 Å². The van der Waals surface area contributed by atoms with Crippen LogP contribution in [-0.2, 0) is 0 Å². The van der Waals surface area contributed by atoms with Gasteiger partial charge in [-0.1, -0.05) is 49.7 Å². The van der Waals surface area contributed by atoms with Gasteiger partial charge in [0.25, 0.3) is 0 Å². The topological polar surface area (TPSA) is 26.0 Å². The van der Waals surface area contributed by atoms with Gasteiger partial charge in [0.05, 0.1) is 0 Å². The van der Waals surface area contributed by atoms with Gasteiger partial charge in [-0.05, 0) is 35.2 Å². The van der Waals surface area contributed by atoms with Crippen molar-refractivity contribution in [3.05, 3.63) is 47.5 Å². The molecule has 0 unspecified atom stereocenters. The lowest BCUT2D eigenvalue weighted by atomic mass is 9.92. The molecule has 0 fully saturated rings. The van der Waals surface area contributed by atoms with Crippen LogP contribution >= 0.6 is 0 Å². The SMILES string of the molecule is CCC[C@@H](N)c1c(C)ccc2ccccc12. The van der Waals surface area contributed by atoms with Crippen LogP contribution in [0.25, 0.3) is 10.8 Å². The molecule has 2 rings (SSSR count).